The second kappa shape index (κ2) is 29.2. The van der Waals surface area contributed by atoms with Crippen LogP contribution < -0.4 is 36.1 Å². The van der Waals surface area contributed by atoms with Gasteiger partial charge in [-0.2, -0.15) is 67.7 Å². The van der Waals surface area contributed by atoms with Gasteiger partial charge < -0.3 is 31.2 Å². The number of likely N-dealkylation sites (N-methyl/N-ethyl adjacent to an activating group) is 1. The summed E-state index contributed by atoms with van der Waals surface area (Å²) < 4.78 is 39.0. The Morgan fingerprint density at radius 3 is 1.99 bits per heavy atom. The SMILES string of the molecule is Cc1nc(-c2ccc(C(C)(C)C)cc2)nc(C)c1C(=O)C[C@@H](CNS(N)(=O)=O)C(=O)N(C)[C@@H]1C(=O)C[C@@H](C)C(=O)N[C@H](C(=O)CCC#N)Cc2ccc(OCCN)c(c2)-c2cc1ccc2OCCN.S.S.S.S. The van der Waals surface area contributed by atoms with Crippen molar-refractivity contribution in [3.8, 4) is 40.1 Å². The Balaban J connectivity index is 0.00000666. The third-order valence-electron chi connectivity index (χ3n) is 11.9. The Hall–Kier alpha value is -5.03. The van der Waals surface area contributed by atoms with Gasteiger partial charge in [0.25, 0.3) is 10.2 Å². The summed E-state index contributed by atoms with van der Waals surface area (Å²) in [6.07, 6.45) is -1.10. The Morgan fingerprint density at radius 2 is 1.45 bits per heavy atom. The zero-order valence-corrected chi connectivity index (χ0v) is 47.1. The predicted molar refractivity (Wildman–Crippen MR) is 301 cm³/mol. The lowest BCUT2D eigenvalue weighted by molar-refractivity contribution is -0.142. The van der Waals surface area contributed by atoms with Gasteiger partial charge in [-0.1, -0.05) is 64.1 Å². The van der Waals surface area contributed by atoms with Crippen LogP contribution in [0.25, 0.3) is 22.5 Å². The van der Waals surface area contributed by atoms with E-state index in [0.717, 1.165) is 16.0 Å². The molecule has 2 amide bonds. The van der Waals surface area contributed by atoms with Crippen LogP contribution in [0.1, 0.15) is 97.9 Å². The molecule has 18 nitrogen and oxygen atoms in total. The molecule has 400 valence electrons. The molecule has 4 bridgehead atoms. The highest BCUT2D eigenvalue weighted by Crippen LogP contribution is 2.41. The molecule has 1 aliphatic heterocycles. The quantitative estimate of drug-likeness (QED) is 0.0856. The Kier molecular flexibility index (Phi) is 26.4. The van der Waals surface area contributed by atoms with Gasteiger partial charge in [-0.15, -0.1) is 0 Å². The fraction of sp³-hybridized carbons (Fsp3) is 0.440. The number of ether oxygens (including phenoxy) is 2. The van der Waals surface area contributed by atoms with E-state index in [4.69, 9.17) is 26.1 Å². The number of hydrogen-bond acceptors (Lipinski definition) is 14. The number of nitrogens with zero attached hydrogens (tertiary/aromatic N) is 4. The third-order valence-corrected chi connectivity index (χ3v) is 12.5. The van der Waals surface area contributed by atoms with E-state index in [-0.39, 0.29) is 122 Å². The van der Waals surface area contributed by atoms with Crippen molar-refractivity contribution in [2.75, 3.05) is 39.9 Å². The second-order valence-corrected chi connectivity index (χ2v) is 19.7. The largest absolute Gasteiger partial charge is 0.492 e. The van der Waals surface area contributed by atoms with Crippen molar-refractivity contribution < 1.29 is 41.9 Å². The van der Waals surface area contributed by atoms with Crippen molar-refractivity contribution in [2.45, 2.75) is 91.1 Å². The molecule has 4 atom stereocenters. The summed E-state index contributed by atoms with van der Waals surface area (Å²) in [6.45, 7) is 11.1. The van der Waals surface area contributed by atoms with E-state index in [9.17, 15) is 37.7 Å². The molecule has 0 saturated heterocycles. The maximum Gasteiger partial charge on any atom is 0.274 e. The topological polar surface area (TPSA) is 293 Å². The summed E-state index contributed by atoms with van der Waals surface area (Å²) >= 11 is 0. The molecule has 8 N–H and O–H groups in total. The fourth-order valence-electron chi connectivity index (χ4n) is 8.29. The summed E-state index contributed by atoms with van der Waals surface area (Å²) in [6, 6.07) is 17.4. The summed E-state index contributed by atoms with van der Waals surface area (Å²) in [4.78, 5) is 81.8. The van der Waals surface area contributed by atoms with Crippen LogP contribution in [0.3, 0.4) is 0 Å². The summed E-state index contributed by atoms with van der Waals surface area (Å²) in [7, 11) is -3.03. The second-order valence-electron chi connectivity index (χ2n) is 18.3. The average molecular weight is 1100 g/mol. The molecular weight excluding hydrogens is 1030 g/mol. The number of carbonyl (C=O) groups excluding carboxylic acids is 5. The highest BCUT2D eigenvalue weighted by Gasteiger charge is 2.37. The van der Waals surface area contributed by atoms with E-state index in [1.54, 1.807) is 50.2 Å². The van der Waals surface area contributed by atoms with E-state index in [0.29, 0.717) is 45.4 Å². The van der Waals surface area contributed by atoms with Gasteiger partial charge >= 0.3 is 0 Å². The van der Waals surface area contributed by atoms with Gasteiger partial charge in [-0.25, -0.2) is 19.8 Å². The minimum absolute atomic E-state index is 0. The third kappa shape index (κ3) is 17.5. The lowest BCUT2D eigenvalue weighted by Gasteiger charge is -2.32. The zero-order chi connectivity index (χ0) is 50.8. The van der Waals surface area contributed by atoms with Crippen molar-refractivity contribution in [1.82, 2.24) is 24.9 Å². The molecule has 0 radical (unpaired) electrons. The number of nitrogens with one attached hydrogen (secondary N) is 2. The van der Waals surface area contributed by atoms with E-state index >= 15 is 0 Å². The molecule has 5 rings (SSSR count). The molecule has 1 aliphatic rings. The van der Waals surface area contributed by atoms with Crippen LogP contribution in [0.2, 0.25) is 0 Å². The predicted octanol–water partition coefficient (Wildman–Crippen LogP) is 4.54. The normalized spacial score (nSPS) is 16.0. The Bertz CT molecular complexity index is 2710. The van der Waals surface area contributed by atoms with Gasteiger partial charge in [0.05, 0.1) is 35.0 Å². The molecule has 73 heavy (non-hydrogen) atoms. The zero-order valence-electron chi connectivity index (χ0n) is 42.3. The average Bonchev–Trinajstić information content (AvgIpc) is 3.29. The molecule has 0 unspecified atom stereocenters. The van der Waals surface area contributed by atoms with Crippen LogP contribution in [-0.4, -0.2) is 98.4 Å². The Labute approximate surface area is 456 Å². The van der Waals surface area contributed by atoms with Crippen LogP contribution in [0, 0.1) is 37.0 Å². The molecule has 2 heterocycles. The smallest absolute Gasteiger partial charge is 0.274 e. The van der Waals surface area contributed by atoms with E-state index < -0.39 is 76.9 Å². The first-order valence-corrected chi connectivity index (χ1v) is 24.3. The van der Waals surface area contributed by atoms with Crippen molar-refractivity contribution in [1.29, 1.82) is 5.26 Å². The van der Waals surface area contributed by atoms with Gasteiger partial charge in [-0.3, -0.25) is 24.0 Å². The summed E-state index contributed by atoms with van der Waals surface area (Å²) in [5, 5.41) is 17.4. The first-order valence-electron chi connectivity index (χ1n) is 22.8. The standard InChI is InChI=1S/C50H63N9O9S.4H2S/c1-29-23-42(62)46(34-13-17-44(68-22-20-53)38(26-34)37-24-32(10-16-43(37)67-21-19-52)25-39(58-48(29)63)40(60)9-8-18-51)59(7)49(64)35(28-55-69(54,65)66)27-41(61)45-30(2)56-47(57-31(45)3)33-11-14-36(15-12-33)50(4,5)6;;;;/h10-17,24,26,29,35,39,46,55H,8-9,19-23,25,27-28,52-53H2,1-7H3,(H,58,63)(H2,54,65,66);4*1H2/t29-,35+,39+,46+;;;;/m1..../s1. The number of carbonyl (C=O) groups is 5. The van der Waals surface area contributed by atoms with E-state index in [1.807, 2.05) is 30.3 Å². The molecule has 0 spiro atoms. The number of nitrogens with two attached hydrogens (primary N) is 3. The maximum atomic E-state index is 14.9. The van der Waals surface area contributed by atoms with Gasteiger partial charge in [0.15, 0.2) is 23.2 Å². The molecule has 0 fully saturated rings. The molecule has 0 saturated carbocycles. The van der Waals surface area contributed by atoms with Gasteiger partial charge in [0, 0.05) is 75.0 Å². The van der Waals surface area contributed by atoms with Crippen LogP contribution in [0.5, 0.6) is 11.5 Å². The van der Waals surface area contributed by atoms with Crippen LogP contribution in [-0.2, 0) is 41.2 Å². The number of amides is 2. The minimum Gasteiger partial charge on any atom is -0.492 e. The van der Waals surface area contributed by atoms with Crippen LogP contribution in [0.4, 0.5) is 0 Å². The summed E-state index contributed by atoms with van der Waals surface area (Å²) in [5.74, 6) is -4.27. The van der Waals surface area contributed by atoms with Crippen molar-refractivity contribution in [3.05, 3.63) is 94.3 Å². The van der Waals surface area contributed by atoms with Crippen LogP contribution >= 0.6 is 54.0 Å². The van der Waals surface area contributed by atoms with Crippen molar-refractivity contribution >= 4 is 93.4 Å². The van der Waals surface area contributed by atoms with Gasteiger partial charge in [-0.05, 0) is 66.6 Å². The lowest BCUT2D eigenvalue weighted by Crippen LogP contribution is -2.46. The van der Waals surface area contributed by atoms with Crippen molar-refractivity contribution in [3.63, 3.8) is 0 Å². The number of rotatable bonds is 18. The molecule has 23 heteroatoms. The minimum atomic E-state index is -4.39. The number of benzene rings is 3. The molecule has 1 aromatic heterocycles. The molecule has 4 aromatic rings. The lowest BCUT2D eigenvalue weighted by atomic mass is 9.86. The number of Topliss-reactive ketones (excluding diaryl/α,β-unsaturated/α-hetero) is 3. The van der Waals surface area contributed by atoms with E-state index in [2.05, 4.69) is 40.8 Å². The Morgan fingerprint density at radius 1 is 0.890 bits per heavy atom. The fourth-order valence-corrected chi connectivity index (χ4v) is 8.72. The van der Waals surface area contributed by atoms with Gasteiger partial charge in [0.2, 0.25) is 11.8 Å². The number of hydrogen-bond donors (Lipinski definition) is 5. The van der Waals surface area contributed by atoms with E-state index in [1.165, 1.54) is 14.0 Å². The number of aryl methyl sites for hydroxylation is 2. The number of aromatic nitrogens is 2. The first kappa shape index (κ1) is 66.0. The molecule has 3 aromatic carbocycles. The van der Waals surface area contributed by atoms with Crippen molar-refractivity contribution in [2.24, 2.45) is 28.4 Å². The number of nitriles is 1. The first-order chi connectivity index (χ1) is 32.6. The number of fused-ring (bicyclic) bond motifs is 5. The van der Waals surface area contributed by atoms with Gasteiger partial charge in [0.1, 0.15) is 30.8 Å². The van der Waals surface area contributed by atoms with Crippen LogP contribution in [0.15, 0.2) is 60.7 Å². The maximum absolute atomic E-state index is 14.9. The highest BCUT2D eigenvalue weighted by molar-refractivity contribution is 7.87. The summed E-state index contributed by atoms with van der Waals surface area (Å²) in [5.41, 5.74) is 16.1. The monoisotopic (exact) mass is 1100 g/mol. The highest BCUT2D eigenvalue weighted by atomic mass is 32.2. The molecular formula is C50H71N9O9S5. The molecule has 0 aliphatic carbocycles. The number of ketones is 3.